The first kappa shape index (κ1) is 12.5. The highest BCUT2D eigenvalue weighted by Gasteiger charge is 2.12. The van der Waals surface area contributed by atoms with Crippen LogP contribution in [0.15, 0.2) is 24.3 Å². The number of methoxy groups -OCH3 is 2. The van der Waals surface area contributed by atoms with Crippen molar-refractivity contribution in [1.82, 2.24) is 15.0 Å². The zero-order chi connectivity index (χ0) is 13.0. The van der Waals surface area contributed by atoms with E-state index in [1.165, 1.54) is 0 Å². The highest BCUT2D eigenvalue weighted by Crippen LogP contribution is 2.17. The second-order valence-electron chi connectivity index (χ2n) is 3.73. The smallest absolute Gasteiger partial charge is 0.119 e. The van der Waals surface area contributed by atoms with Crippen LogP contribution in [0.1, 0.15) is 11.4 Å². The molecule has 0 amide bonds. The van der Waals surface area contributed by atoms with Gasteiger partial charge in [0.05, 0.1) is 25.1 Å². The molecule has 1 aromatic carbocycles. The molecule has 1 aromatic heterocycles. The second kappa shape index (κ2) is 5.61. The van der Waals surface area contributed by atoms with Gasteiger partial charge in [0, 0.05) is 13.7 Å². The topological polar surface area (TPSA) is 75.2 Å². The van der Waals surface area contributed by atoms with Gasteiger partial charge in [0.15, 0.2) is 0 Å². The van der Waals surface area contributed by atoms with E-state index in [2.05, 4.69) is 10.3 Å². The molecule has 0 saturated heterocycles. The summed E-state index contributed by atoms with van der Waals surface area (Å²) in [5.41, 5.74) is 8.13. The summed E-state index contributed by atoms with van der Waals surface area (Å²) in [6.07, 6.45) is 0. The average molecular weight is 248 g/mol. The molecule has 96 valence electrons. The maximum atomic E-state index is 5.63. The Balaban J connectivity index is 2.39. The lowest BCUT2D eigenvalue weighted by Crippen LogP contribution is -2.07. The molecule has 0 bridgehead atoms. The van der Waals surface area contributed by atoms with Crippen LogP contribution in [-0.2, 0) is 17.9 Å². The molecule has 2 rings (SSSR count). The summed E-state index contributed by atoms with van der Waals surface area (Å²) >= 11 is 0. The minimum atomic E-state index is 0.342. The third kappa shape index (κ3) is 2.34. The lowest BCUT2D eigenvalue weighted by molar-refractivity contribution is 0.178. The summed E-state index contributed by atoms with van der Waals surface area (Å²) in [4.78, 5) is 0. The van der Waals surface area contributed by atoms with Gasteiger partial charge in [-0.3, -0.25) is 0 Å². The van der Waals surface area contributed by atoms with Gasteiger partial charge >= 0.3 is 0 Å². The fourth-order valence-corrected chi connectivity index (χ4v) is 1.70. The number of ether oxygens (including phenoxy) is 2. The first-order valence-electron chi connectivity index (χ1n) is 5.57. The van der Waals surface area contributed by atoms with Crippen LogP contribution in [0.2, 0.25) is 0 Å². The number of benzene rings is 1. The fourth-order valence-electron chi connectivity index (χ4n) is 1.70. The van der Waals surface area contributed by atoms with E-state index in [1.807, 2.05) is 24.3 Å². The quantitative estimate of drug-likeness (QED) is 0.850. The van der Waals surface area contributed by atoms with Gasteiger partial charge in [0.2, 0.25) is 0 Å². The molecule has 0 unspecified atom stereocenters. The molecule has 0 saturated carbocycles. The number of hydrogen-bond donors (Lipinski definition) is 1. The largest absolute Gasteiger partial charge is 0.497 e. The zero-order valence-corrected chi connectivity index (χ0v) is 10.5. The number of hydrogen-bond acceptors (Lipinski definition) is 5. The monoisotopic (exact) mass is 248 g/mol. The maximum absolute atomic E-state index is 5.63. The molecule has 0 spiro atoms. The molecule has 6 nitrogen and oxygen atoms in total. The maximum Gasteiger partial charge on any atom is 0.119 e. The van der Waals surface area contributed by atoms with E-state index in [0.717, 1.165) is 22.8 Å². The van der Waals surface area contributed by atoms with E-state index in [9.17, 15) is 0 Å². The molecule has 6 heteroatoms. The summed E-state index contributed by atoms with van der Waals surface area (Å²) in [6, 6.07) is 7.56. The Morgan fingerprint density at radius 3 is 2.50 bits per heavy atom. The van der Waals surface area contributed by atoms with Gasteiger partial charge in [-0.05, 0) is 24.3 Å². The van der Waals surface area contributed by atoms with E-state index >= 15 is 0 Å². The first-order valence-corrected chi connectivity index (χ1v) is 5.57. The number of nitrogens with zero attached hydrogens (tertiary/aromatic N) is 3. The van der Waals surface area contributed by atoms with Gasteiger partial charge in [0.25, 0.3) is 0 Å². The van der Waals surface area contributed by atoms with Crippen molar-refractivity contribution in [3.8, 4) is 11.4 Å². The van der Waals surface area contributed by atoms with Gasteiger partial charge < -0.3 is 15.2 Å². The Labute approximate surface area is 105 Å². The van der Waals surface area contributed by atoms with E-state index in [4.69, 9.17) is 15.2 Å². The summed E-state index contributed by atoms with van der Waals surface area (Å²) < 4.78 is 12.0. The minimum absolute atomic E-state index is 0.342. The van der Waals surface area contributed by atoms with E-state index in [0.29, 0.717) is 13.2 Å². The van der Waals surface area contributed by atoms with Crippen LogP contribution in [0.25, 0.3) is 5.69 Å². The number of nitrogens with two attached hydrogens (primary N) is 1. The van der Waals surface area contributed by atoms with Crippen molar-refractivity contribution in [3.05, 3.63) is 35.7 Å². The number of rotatable bonds is 5. The van der Waals surface area contributed by atoms with Gasteiger partial charge in [0.1, 0.15) is 11.4 Å². The molecule has 0 aliphatic carbocycles. The molecule has 1 heterocycles. The minimum Gasteiger partial charge on any atom is -0.497 e. The van der Waals surface area contributed by atoms with E-state index in [1.54, 1.807) is 18.9 Å². The van der Waals surface area contributed by atoms with Crippen LogP contribution >= 0.6 is 0 Å². The predicted octanol–water partition coefficient (Wildman–Crippen LogP) is 0.881. The van der Waals surface area contributed by atoms with Crippen molar-refractivity contribution >= 4 is 0 Å². The molecule has 0 atom stereocenters. The van der Waals surface area contributed by atoms with E-state index < -0.39 is 0 Å². The molecule has 2 aromatic rings. The summed E-state index contributed by atoms with van der Waals surface area (Å²) in [5.74, 6) is 0.797. The van der Waals surface area contributed by atoms with Crippen molar-refractivity contribution in [2.45, 2.75) is 13.2 Å². The van der Waals surface area contributed by atoms with Crippen molar-refractivity contribution in [2.24, 2.45) is 5.73 Å². The summed E-state index contributed by atoms with van der Waals surface area (Å²) in [5, 5.41) is 8.15. The van der Waals surface area contributed by atoms with Gasteiger partial charge in [-0.25, -0.2) is 4.68 Å². The molecule has 2 N–H and O–H groups in total. The lowest BCUT2D eigenvalue weighted by Gasteiger charge is -2.07. The molecular weight excluding hydrogens is 232 g/mol. The van der Waals surface area contributed by atoms with Crippen LogP contribution in [0.3, 0.4) is 0 Å². The molecule has 0 aliphatic rings. The van der Waals surface area contributed by atoms with Crippen LogP contribution in [-0.4, -0.2) is 29.2 Å². The Kier molecular flexibility index (Phi) is 3.91. The summed E-state index contributed by atoms with van der Waals surface area (Å²) in [7, 11) is 3.26. The van der Waals surface area contributed by atoms with E-state index in [-0.39, 0.29) is 0 Å². The van der Waals surface area contributed by atoms with Gasteiger partial charge in [-0.2, -0.15) is 0 Å². The summed E-state index contributed by atoms with van der Waals surface area (Å²) in [6.45, 7) is 0.764. The average Bonchev–Trinajstić information content (AvgIpc) is 2.82. The highest BCUT2D eigenvalue weighted by atomic mass is 16.5. The molecule has 0 radical (unpaired) electrons. The number of aromatic nitrogens is 3. The Bertz CT molecular complexity index is 507. The molecule has 18 heavy (non-hydrogen) atoms. The van der Waals surface area contributed by atoms with Crippen LogP contribution in [0, 0.1) is 0 Å². The predicted molar refractivity (Wildman–Crippen MR) is 66.5 cm³/mol. The Hall–Kier alpha value is -1.92. The van der Waals surface area contributed by atoms with Crippen LogP contribution in [0.4, 0.5) is 0 Å². The fraction of sp³-hybridized carbons (Fsp3) is 0.333. The normalized spacial score (nSPS) is 10.6. The third-order valence-electron chi connectivity index (χ3n) is 2.64. The Morgan fingerprint density at radius 2 is 1.94 bits per heavy atom. The van der Waals surface area contributed by atoms with Crippen LogP contribution < -0.4 is 10.5 Å². The molecular formula is C12H16N4O2. The standard InChI is InChI=1S/C12H16N4O2/c1-17-8-12-11(7-13)14-15-16(12)9-3-5-10(18-2)6-4-9/h3-6H,7-8,13H2,1-2H3. The van der Waals surface area contributed by atoms with Crippen LogP contribution in [0.5, 0.6) is 5.75 Å². The van der Waals surface area contributed by atoms with Crippen molar-refractivity contribution in [3.63, 3.8) is 0 Å². The van der Waals surface area contributed by atoms with Gasteiger partial charge in [-0.15, -0.1) is 5.10 Å². The first-order chi connectivity index (χ1) is 8.80. The SMILES string of the molecule is COCc1c(CN)nnn1-c1ccc(OC)cc1. The Morgan fingerprint density at radius 1 is 1.22 bits per heavy atom. The highest BCUT2D eigenvalue weighted by molar-refractivity contribution is 5.38. The third-order valence-corrected chi connectivity index (χ3v) is 2.64. The zero-order valence-electron chi connectivity index (χ0n) is 10.5. The van der Waals surface area contributed by atoms with Crippen molar-refractivity contribution < 1.29 is 9.47 Å². The van der Waals surface area contributed by atoms with Crippen molar-refractivity contribution in [1.29, 1.82) is 0 Å². The lowest BCUT2D eigenvalue weighted by atomic mass is 10.2. The second-order valence-corrected chi connectivity index (χ2v) is 3.73. The molecule has 0 aliphatic heterocycles. The van der Waals surface area contributed by atoms with Gasteiger partial charge in [-0.1, -0.05) is 5.21 Å². The molecule has 0 fully saturated rings. The van der Waals surface area contributed by atoms with Crippen molar-refractivity contribution in [2.75, 3.05) is 14.2 Å².